The Labute approximate surface area is 162 Å². The Morgan fingerprint density at radius 2 is 1.71 bits per heavy atom. The number of benzene rings is 1. The molecule has 0 bridgehead atoms. The molecule has 3 rings (SSSR count). The summed E-state index contributed by atoms with van der Waals surface area (Å²) in [5, 5.41) is 6.76. The Morgan fingerprint density at radius 1 is 1.07 bits per heavy atom. The second-order valence-corrected chi connectivity index (χ2v) is 8.05. The number of nitrogens with one attached hydrogen (secondary N) is 2. The molecular weight excluding hydrogens is 380 g/mol. The van der Waals surface area contributed by atoms with Crippen LogP contribution in [0, 0.1) is 20.8 Å². The molecule has 3 aromatic rings. The second kappa shape index (κ2) is 7.77. The highest BCUT2D eigenvalue weighted by Crippen LogP contribution is 2.17. The van der Waals surface area contributed by atoms with Crippen molar-refractivity contribution < 1.29 is 13.2 Å². The van der Waals surface area contributed by atoms with Crippen LogP contribution in [0.2, 0.25) is 0 Å². The lowest BCUT2D eigenvalue weighted by Gasteiger charge is -2.09. The summed E-state index contributed by atoms with van der Waals surface area (Å²) in [4.78, 5) is 20.2. The molecule has 0 saturated carbocycles. The number of sulfonamides is 1. The van der Waals surface area contributed by atoms with Gasteiger partial charge in [-0.2, -0.15) is 5.10 Å². The molecular formula is C18H20N6O3S. The fourth-order valence-corrected chi connectivity index (χ4v) is 3.51. The van der Waals surface area contributed by atoms with Gasteiger partial charge < -0.3 is 5.32 Å². The van der Waals surface area contributed by atoms with Gasteiger partial charge in [0.25, 0.3) is 10.0 Å². The van der Waals surface area contributed by atoms with Gasteiger partial charge in [-0.05, 0) is 56.7 Å². The van der Waals surface area contributed by atoms with Crippen molar-refractivity contribution in [3.63, 3.8) is 0 Å². The van der Waals surface area contributed by atoms with Gasteiger partial charge in [0.2, 0.25) is 11.9 Å². The van der Waals surface area contributed by atoms with Crippen molar-refractivity contribution in [1.82, 2.24) is 19.7 Å². The second-order valence-electron chi connectivity index (χ2n) is 6.37. The number of hydrogen-bond acceptors (Lipinski definition) is 6. The zero-order valence-corrected chi connectivity index (χ0v) is 16.5. The molecule has 1 amide bonds. The molecule has 28 heavy (non-hydrogen) atoms. The first-order valence-corrected chi connectivity index (χ1v) is 9.94. The molecule has 0 aliphatic carbocycles. The summed E-state index contributed by atoms with van der Waals surface area (Å²) in [7, 11) is -3.84. The van der Waals surface area contributed by atoms with E-state index in [4.69, 9.17) is 0 Å². The molecule has 0 fully saturated rings. The number of amides is 1. The molecule has 0 unspecified atom stereocenters. The van der Waals surface area contributed by atoms with Crippen LogP contribution in [0.15, 0.2) is 47.6 Å². The van der Waals surface area contributed by atoms with Crippen LogP contribution in [0.3, 0.4) is 0 Å². The van der Waals surface area contributed by atoms with Gasteiger partial charge in [0.05, 0.1) is 11.1 Å². The van der Waals surface area contributed by atoms with E-state index in [9.17, 15) is 13.2 Å². The summed E-state index contributed by atoms with van der Waals surface area (Å²) in [5.74, 6) is -0.245. The maximum atomic E-state index is 12.5. The maximum Gasteiger partial charge on any atom is 0.264 e. The Morgan fingerprint density at radius 3 is 2.29 bits per heavy atom. The van der Waals surface area contributed by atoms with E-state index in [0.29, 0.717) is 17.1 Å². The van der Waals surface area contributed by atoms with Crippen LogP contribution in [0.4, 0.5) is 11.6 Å². The maximum absolute atomic E-state index is 12.5. The van der Waals surface area contributed by atoms with Crippen molar-refractivity contribution in [3.05, 3.63) is 59.7 Å². The zero-order chi connectivity index (χ0) is 20.3. The Hall–Kier alpha value is -3.27. The smallest absolute Gasteiger partial charge is 0.264 e. The lowest BCUT2D eigenvalue weighted by Crippen LogP contribution is -2.19. The van der Waals surface area contributed by atoms with E-state index in [1.165, 1.54) is 28.9 Å². The van der Waals surface area contributed by atoms with Gasteiger partial charge in [0, 0.05) is 23.3 Å². The molecule has 10 heteroatoms. The zero-order valence-electron chi connectivity index (χ0n) is 15.7. The quantitative estimate of drug-likeness (QED) is 0.653. The fourth-order valence-electron chi connectivity index (χ4n) is 2.57. The highest BCUT2D eigenvalue weighted by molar-refractivity contribution is 7.92. The van der Waals surface area contributed by atoms with Crippen molar-refractivity contribution in [2.45, 2.75) is 32.2 Å². The third-order valence-corrected chi connectivity index (χ3v) is 5.07. The molecule has 0 atom stereocenters. The number of rotatable bonds is 6. The average molecular weight is 400 g/mol. The fraction of sp³-hybridized carbons (Fsp3) is 0.222. The van der Waals surface area contributed by atoms with Crippen molar-refractivity contribution in [2.24, 2.45) is 0 Å². The molecule has 2 N–H and O–H groups in total. The van der Waals surface area contributed by atoms with Gasteiger partial charge in [0.15, 0.2) is 0 Å². The Kier molecular flexibility index (Phi) is 5.41. The van der Waals surface area contributed by atoms with Crippen LogP contribution in [0.5, 0.6) is 0 Å². The molecule has 0 aliphatic heterocycles. The summed E-state index contributed by atoms with van der Waals surface area (Å²) >= 11 is 0. The topological polar surface area (TPSA) is 119 Å². The first kappa shape index (κ1) is 19.5. The van der Waals surface area contributed by atoms with Crippen LogP contribution in [-0.4, -0.2) is 34.1 Å². The molecule has 146 valence electrons. The predicted octanol–water partition coefficient (Wildman–Crippen LogP) is 2.04. The number of anilines is 2. The standard InChI is InChI=1S/C18H20N6O3S/c1-12-9-19-24(10-12)11-17(25)22-15-4-6-16(7-5-15)28(26,27)23-18-20-13(2)8-14(3)21-18/h4-10H,11H2,1-3H3,(H,22,25)(H,20,21,23). The van der Waals surface area contributed by atoms with Crippen LogP contribution >= 0.6 is 0 Å². The third-order valence-electron chi connectivity index (χ3n) is 3.72. The van der Waals surface area contributed by atoms with Gasteiger partial charge >= 0.3 is 0 Å². The Bertz CT molecular complexity index is 1090. The summed E-state index contributed by atoms with van der Waals surface area (Å²) in [5.41, 5.74) is 2.77. The molecule has 9 nitrogen and oxygen atoms in total. The number of aryl methyl sites for hydroxylation is 3. The highest BCUT2D eigenvalue weighted by atomic mass is 32.2. The van der Waals surface area contributed by atoms with E-state index in [1.807, 2.05) is 6.92 Å². The summed E-state index contributed by atoms with van der Waals surface area (Å²) in [6.45, 7) is 5.47. The van der Waals surface area contributed by atoms with Gasteiger partial charge in [-0.15, -0.1) is 0 Å². The lowest BCUT2D eigenvalue weighted by atomic mass is 10.3. The van der Waals surface area contributed by atoms with Gasteiger partial charge in [-0.25, -0.2) is 23.1 Å². The lowest BCUT2D eigenvalue weighted by molar-refractivity contribution is -0.116. The number of nitrogens with zero attached hydrogens (tertiary/aromatic N) is 4. The predicted molar refractivity (Wildman–Crippen MR) is 104 cm³/mol. The normalized spacial score (nSPS) is 11.2. The molecule has 1 aromatic carbocycles. The van der Waals surface area contributed by atoms with E-state index >= 15 is 0 Å². The first-order chi connectivity index (χ1) is 13.2. The van der Waals surface area contributed by atoms with Gasteiger partial charge in [-0.3, -0.25) is 9.48 Å². The summed E-state index contributed by atoms with van der Waals surface area (Å²) in [6, 6.07) is 7.59. The summed E-state index contributed by atoms with van der Waals surface area (Å²) in [6.07, 6.45) is 3.43. The van der Waals surface area contributed by atoms with E-state index in [1.54, 1.807) is 32.3 Å². The number of carbonyl (C=O) groups excluding carboxylic acids is 1. The van der Waals surface area contributed by atoms with Crippen LogP contribution < -0.4 is 10.0 Å². The van der Waals surface area contributed by atoms with E-state index in [2.05, 4.69) is 25.1 Å². The third kappa shape index (κ3) is 4.92. The molecule has 0 spiro atoms. The van der Waals surface area contributed by atoms with Crippen LogP contribution in [0.1, 0.15) is 17.0 Å². The average Bonchev–Trinajstić information content (AvgIpc) is 2.98. The molecule has 0 aliphatic rings. The largest absolute Gasteiger partial charge is 0.324 e. The number of carbonyl (C=O) groups is 1. The van der Waals surface area contributed by atoms with Crippen molar-refractivity contribution >= 4 is 27.6 Å². The molecule has 0 saturated heterocycles. The van der Waals surface area contributed by atoms with Crippen molar-refractivity contribution in [3.8, 4) is 0 Å². The van der Waals surface area contributed by atoms with Gasteiger partial charge in [-0.1, -0.05) is 0 Å². The summed E-state index contributed by atoms with van der Waals surface area (Å²) < 4.78 is 28.9. The minimum atomic E-state index is -3.84. The van der Waals surface area contributed by atoms with Gasteiger partial charge in [0.1, 0.15) is 6.54 Å². The van der Waals surface area contributed by atoms with Crippen molar-refractivity contribution in [2.75, 3.05) is 10.0 Å². The monoisotopic (exact) mass is 400 g/mol. The van der Waals surface area contributed by atoms with Crippen LogP contribution in [0.25, 0.3) is 0 Å². The SMILES string of the molecule is Cc1cnn(CC(=O)Nc2ccc(S(=O)(=O)Nc3nc(C)cc(C)n3)cc2)c1. The molecule has 2 aromatic heterocycles. The molecule has 2 heterocycles. The first-order valence-electron chi connectivity index (χ1n) is 8.45. The number of hydrogen-bond donors (Lipinski definition) is 2. The Balaban J connectivity index is 1.67. The van der Waals surface area contributed by atoms with E-state index in [-0.39, 0.29) is 23.3 Å². The van der Waals surface area contributed by atoms with E-state index in [0.717, 1.165) is 5.56 Å². The minimum absolute atomic E-state index is 0.0180. The highest BCUT2D eigenvalue weighted by Gasteiger charge is 2.16. The van der Waals surface area contributed by atoms with Crippen LogP contribution in [-0.2, 0) is 21.4 Å². The number of aromatic nitrogens is 4. The van der Waals surface area contributed by atoms with Crippen molar-refractivity contribution in [1.29, 1.82) is 0 Å². The minimum Gasteiger partial charge on any atom is -0.324 e. The molecule has 0 radical (unpaired) electrons. The van der Waals surface area contributed by atoms with E-state index < -0.39 is 10.0 Å².